The number of amides is 1. The fourth-order valence-electron chi connectivity index (χ4n) is 1.82. The van der Waals surface area contributed by atoms with Crippen LogP contribution in [-0.4, -0.2) is 43.9 Å². The van der Waals surface area contributed by atoms with E-state index < -0.39 is 6.10 Å². The molecule has 0 fully saturated rings. The molecule has 0 aliphatic rings. The van der Waals surface area contributed by atoms with Gasteiger partial charge in [-0.1, -0.05) is 19.4 Å². The van der Waals surface area contributed by atoms with Crippen molar-refractivity contribution in [3.05, 3.63) is 36.2 Å². The Bertz CT molecular complexity index is 556. The zero-order valence-corrected chi connectivity index (χ0v) is 11.2. The molecule has 7 heteroatoms. The standard InChI is InChI=1S/C13H17N5O2/c1-2-4-12(19)8-14-13(20)10-5-3-6-11(7-10)18-9-15-16-17-18/h3,5-7,9,12,19H,2,4,8H2,1H3,(H,14,20). The normalized spacial score (nSPS) is 12.1. The second-order valence-corrected chi connectivity index (χ2v) is 4.46. The maximum Gasteiger partial charge on any atom is 0.251 e. The largest absolute Gasteiger partial charge is 0.391 e. The molecule has 0 aliphatic heterocycles. The van der Waals surface area contributed by atoms with Gasteiger partial charge in [0, 0.05) is 12.1 Å². The van der Waals surface area contributed by atoms with Crippen LogP contribution in [0.25, 0.3) is 5.69 Å². The average molecular weight is 275 g/mol. The van der Waals surface area contributed by atoms with E-state index in [-0.39, 0.29) is 12.5 Å². The monoisotopic (exact) mass is 275 g/mol. The molecule has 1 aromatic heterocycles. The van der Waals surface area contributed by atoms with Crippen molar-refractivity contribution in [1.82, 2.24) is 25.5 Å². The molecule has 2 aromatic rings. The van der Waals surface area contributed by atoms with E-state index in [0.29, 0.717) is 17.7 Å². The lowest BCUT2D eigenvalue weighted by atomic mass is 10.1. The van der Waals surface area contributed by atoms with Gasteiger partial charge in [-0.05, 0) is 35.0 Å². The third kappa shape index (κ3) is 3.61. The molecule has 1 amide bonds. The predicted octanol–water partition coefficient (Wildman–Crippen LogP) is 0.553. The maximum atomic E-state index is 12.0. The number of nitrogens with one attached hydrogen (secondary N) is 1. The van der Waals surface area contributed by atoms with E-state index >= 15 is 0 Å². The second-order valence-electron chi connectivity index (χ2n) is 4.46. The molecule has 1 atom stereocenters. The van der Waals surface area contributed by atoms with Crippen LogP contribution in [0.4, 0.5) is 0 Å². The summed E-state index contributed by atoms with van der Waals surface area (Å²) in [6.45, 7) is 2.24. The molecular weight excluding hydrogens is 258 g/mol. The number of carbonyl (C=O) groups excluding carboxylic acids is 1. The van der Waals surface area contributed by atoms with Gasteiger partial charge in [0.1, 0.15) is 6.33 Å². The van der Waals surface area contributed by atoms with Crippen LogP contribution in [-0.2, 0) is 0 Å². The highest BCUT2D eigenvalue weighted by atomic mass is 16.3. The summed E-state index contributed by atoms with van der Waals surface area (Å²) in [5.41, 5.74) is 1.21. The van der Waals surface area contributed by atoms with E-state index in [0.717, 1.165) is 6.42 Å². The lowest BCUT2D eigenvalue weighted by Gasteiger charge is -2.11. The Labute approximate surface area is 116 Å². The Morgan fingerprint density at radius 3 is 3.05 bits per heavy atom. The van der Waals surface area contributed by atoms with Crippen molar-refractivity contribution in [3.63, 3.8) is 0 Å². The van der Waals surface area contributed by atoms with Crippen molar-refractivity contribution in [1.29, 1.82) is 0 Å². The van der Waals surface area contributed by atoms with Crippen molar-refractivity contribution in [2.75, 3.05) is 6.54 Å². The highest BCUT2D eigenvalue weighted by molar-refractivity contribution is 5.94. The molecule has 0 saturated heterocycles. The topological polar surface area (TPSA) is 92.9 Å². The van der Waals surface area contributed by atoms with E-state index in [1.807, 2.05) is 6.92 Å². The first kappa shape index (κ1) is 14.1. The van der Waals surface area contributed by atoms with E-state index in [1.54, 1.807) is 24.3 Å². The van der Waals surface area contributed by atoms with Gasteiger partial charge in [0.05, 0.1) is 11.8 Å². The number of tetrazole rings is 1. The Hall–Kier alpha value is -2.28. The molecule has 1 aromatic carbocycles. The first-order chi connectivity index (χ1) is 9.70. The number of hydrogen-bond acceptors (Lipinski definition) is 5. The van der Waals surface area contributed by atoms with Crippen molar-refractivity contribution in [3.8, 4) is 5.69 Å². The van der Waals surface area contributed by atoms with Crippen LogP contribution in [0.2, 0.25) is 0 Å². The Balaban J connectivity index is 2.02. The summed E-state index contributed by atoms with van der Waals surface area (Å²) < 4.78 is 1.47. The van der Waals surface area contributed by atoms with E-state index in [4.69, 9.17) is 0 Å². The molecule has 0 spiro atoms. The SMILES string of the molecule is CCCC(O)CNC(=O)c1cccc(-n2cnnn2)c1. The van der Waals surface area contributed by atoms with Gasteiger partial charge in [-0.3, -0.25) is 4.79 Å². The minimum Gasteiger partial charge on any atom is -0.391 e. The van der Waals surface area contributed by atoms with Crippen LogP contribution < -0.4 is 5.32 Å². The molecule has 2 N–H and O–H groups in total. The predicted molar refractivity (Wildman–Crippen MR) is 72.4 cm³/mol. The Kier molecular flexibility index (Phi) is 4.78. The van der Waals surface area contributed by atoms with E-state index in [9.17, 15) is 9.90 Å². The fourth-order valence-corrected chi connectivity index (χ4v) is 1.82. The number of benzene rings is 1. The molecule has 1 unspecified atom stereocenters. The van der Waals surface area contributed by atoms with Gasteiger partial charge in [0.25, 0.3) is 5.91 Å². The van der Waals surface area contributed by atoms with Gasteiger partial charge in [-0.2, -0.15) is 0 Å². The number of aliphatic hydroxyl groups is 1. The van der Waals surface area contributed by atoms with Gasteiger partial charge < -0.3 is 10.4 Å². The molecule has 20 heavy (non-hydrogen) atoms. The second kappa shape index (κ2) is 6.76. The van der Waals surface area contributed by atoms with Gasteiger partial charge >= 0.3 is 0 Å². The number of carbonyl (C=O) groups is 1. The molecule has 0 radical (unpaired) electrons. The third-order valence-corrected chi connectivity index (χ3v) is 2.84. The summed E-state index contributed by atoms with van der Waals surface area (Å²) in [5, 5.41) is 23.2. The summed E-state index contributed by atoms with van der Waals surface area (Å²) in [5.74, 6) is -0.227. The van der Waals surface area contributed by atoms with Crippen molar-refractivity contribution in [2.45, 2.75) is 25.9 Å². The molecule has 0 bridgehead atoms. The third-order valence-electron chi connectivity index (χ3n) is 2.84. The van der Waals surface area contributed by atoms with Crippen molar-refractivity contribution >= 4 is 5.91 Å². The molecule has 0 saturated carbocycles. The fraction of sp³-hybridized carbons (Fsp3) is 0.385. The maximum absolute atomic E-state index is 12.0. The molecule has 7 nitrogen and oxygen atoms in total. The smallest absolute Gasteiger partial charge is 0.251 e. The van der Waals surface area contributed by atoms with Gasteiger partial charge in [0.2, 0.25) is 0 Å². The number of nitrogens with zero attached hydrogens (tertiary/aromatic N) is 4. The lowest BCUT2D eigenvalue weighted by Crippen LogP contribution is -2.32. The highest BCUT2D eigenvalue weighted by Gasteiger charge is 2.09. The summed E-state index contributed by atoms with van der Waals surface area (Å²) in [7, 11) is 0. The highest BCUT2D eigenvalue weighted by Crippen LogP contribution is 2.08. The minimum atomic E-state index is -0.508. The molecule has 0 aliphatic carbocycles. The van der Waals surface area contributed by atoms with E-state index in [1.165, 1.54) is 11.0 Å². The van der Waals surface area contributed by atoms with Crippen molar-refractivity contribution < 1.29 is 9.90 Å². The summed E-state index contributed by atoms with van der Waals surface area (Å²) in [6, 6.07) is 6.96. The van der Waals surface area contributed by atoms with Crippen LogP contribution in [0.3, 0.4) is 0 Å². The van der Waals surface area contributed by atoms with Gasteiger partial charge in [-0.15, -0.1) is 5.10 Å². The first-order valence-corrected chi connectivity index (χ1v) is 6.50. The lowest BCUT2D eigenvalue weighted by molar-refractivity contribution is 0.0910. The molecule has 1 heterocycles. The first-order valence-electron chi connectivity index (χ1n) is 6.50. The van der Waals surface area contributed by atoms with Gasteiger partial charge in [-0.25, -0.2) is 4.68 Å². The summed E-state index contributed by atoms with van der Waals surface area (Å²) in [6.07, 6.45) is 2.50. The van der Waals surface area contributed by atoms with Gasteiger partial charge in [0.15, 0.2) is 0 Å². The number of aliphatic hydroxyl groups excluding tert-OH is 1. The molecule has 106 valence electrons. The summed E-state index contributed by atoms with van der Waals surface area (Å²) >= 11 is 0. The zero-order valence-electron chi connectivity index (χ0n) is 11.2. The number of hydrogen-bond donors (Lipinski definition) is 2. The molecular formula is C13H17N5O2. The van der Waals surface area contributed by atoms with E-state index in [2.05, 4.69) is 20.8 Å². The van der Waals surface area contributed by atoms with Crippen molar-refractivity contribution in [2.24, 2.45) is 0 Å². The van der Waals surface area contributed by atoms with Crippen LogP contribution in [0, 0.1) is 0 Å². The minimum absolute atomic E-state index is 0.227. The quantitative estimate of drug-likeness (QED) is 0.803. The average Bonchev–Trinajstić information content (AvgIpc) is 2.99. The zero-order chi connectivity index (χ0) is 14.4. The number of rotatable bonds is 6. The van der Waals surface area contributed by atoms with Crippen LogP contribution in [0.1, 0.15) is 30.1 Å². The van der Waals surface area contributed by atoms with Crippen LogP contribution >= 0.6 is 0 Å². The Morgan fingerprint density at radius 2 is 2.35 bits per heavy atom. The number of aromatic nitrogens is 4. The van der Waals surface area contributed by atoms with Crippen LogP contribution in [0.15, 0.2) is 30.6 Å². The molecule has 2 rings (SSSR count). The Morgan fingerprint density at radius 1 is 1.50 bits per heavy atom. The summed E-state index contributed by atoms with van der Waals surface area (Å²) in [4.78, 5) is 12.0. The van der Waals surface area contributed by atoms with Crippen LogP contribution in [0.5, 0.6) is 0 Å².